The lowest BCUT2D eigenvalue weighted by molar-refractivity contribution is -0.140. The molecule has 0 aromatic heterocycles. The molecule has 13 heteroatoms. The molecular weight excluding hydrogens is 653 g/mol. The molecule has 246 valence electrons. The van der Waals surface area contributed by atoms with Gasteiger partial charge in [-0.1, -0.05) is 84.6 Å². The number of hydrogen-bond acceptors (Lipinski definition) is 7. The van der Waals surface area contributed by atoms with Gasteiger partial charge in [0.1, 0.15) is 0 Å². The van der Waals surface area contributed by atoms with Crippen molar-refractivity contribution < 1.29 is 32.4 Å². The quantitative estimate of drug-likeness (QED) is 0.274. The number of nitrogens with zero attached hydrogens (tertiary/aromatic N) is 1. The smallest absolute Gasteiger partial charge is 0.309 e. The molecule has 1 saturated carbocycles. The van der Waals surface area contributed by atoms with Crippen molar-refractivity contribution in [1.82, 2.24) is 15.1 Å². The molecule has 46 heavy (non-hydrogen) atoms. The van der Waals surface area contributed by atoms with Crippen LogP contribution in [0, 0.1) is 5.92 Å². The molecule has 2 amide bonds. The fourth-order valence-electron chi connectivity index (χ4n) is 6.73. The van der Waals surface area contributed by atoms with E-state index in [1.54, 1.807) is 59.5 Å². The van der Waals surface area contributed by atoms with Gasteiger partial charge in [-0.15, -0.1) is 0 Å². The highest BCUT2D eigenvalue weighted by atomic mass is 35.5. The average Bonchev–Trinajstić information content (AvgIpc) is 3.01. The molecule has 2 aromatic rings. The van der Waals surface area contributed by atoms with E-state index in [4.69, 9.17) is 32.8 Å². The predicted octanol–water partition coefficient (Wildman–Crippen LogP) is 4.68. The van der Waals surface area contributed by atoms with Crippen molar-refractivity contribution in [2.75, 3.05) is 13.4 Å². The van der Waals surface area contributed by atoms with Gasteiger partial charge in [0.25, 0.3) is 11.8 Å². The van der Waals surface area contributed by atoms with Crippen LogP contribution in [0.5, 0.6) is 0 Å². The van der Waals surface area contributed by atoms with E-state index in [2.05, 4.69) is 10.2 Å². The topological polar surface area (TPSA) is 131 Å². The van der Waals surface area contributed by atoms with Crippen LogP contribution in [0.4, 0.5) is 0 Å². The van der Waals surface area contributed by atoms with Crippen LogP contribution in [0.15, 0.2) is 70.7 Å². The number of fused-ring (bicyclic) bond motifs is 1. The summed E-state index contributed by atoms with van der Waals surface area (Å²) in [6, 6.07) is 12.3. The molecule has 10 nitrogen and oxygen atoms in total. The average molecular weight is 691 g/mol. The van der Waals surface area contributed by atoms with Crippen LogP contribution in [0.25, 0.3) is 0 Å². The van der Waals surface area contributed by atoms with E-state index < -0.39 is 45.9 Å². The first-order valence-electron chi connectivity index (χ1n) is 15.1. The van der Waals surface area contributed by atoms with Crippen LogP contribution in [-0.4, -0.2) is 62.6 Å². The third-order valence-corrected chi connectivity index (χ3v) is 10.2. The standard InChI is InChI=1S/C33H37Cl2N3O7S/c1-44-29(39)17-20-11-13-21(14-12-20)19-45-36-32(40)30-23-7-3-4-8-24(23)33(41)38(31(30)25-16-15-22(34)18-26(25)35)28-10-6-5-9-27(28)37-46(2,42)43/h3-4,7-8,11-15,18,25,27-28,30-31,37H,5-6,9-10,16-17,19H2,1-2H3,(H,36,40)/t25?,27-,28-,30-,31+/m0/s1. The van der Waals surface area contributed by atoms with Crippen LogP contribution in [0.2, 0.25) is 0 Å². The Bertz CT molecular complexity index is 1640. The molecule has 1 fully saturated rings. The first-order chi connectivity index (χ1) is 22.0. The third kappa shape index (κ3) is 7.83. The van der Waals surface area contributed by atoms with E-state index in [1.807, 2.05) is 6.08 Å². The molecule has 0 bridgehead atoms. The van der Waals surface area contributed by atoms with Gasteiger partial charge in [-0.3, -0.25) is 19.2 Å². The van der Waals surface area contributed by atoms with Gasteiger partial charge in [-0.2, -0.15) is 0 Å². The summed E-state index contributed by atoms with van der Waals surface area (Å²) in [5.41, 5.74) is 5.06. The Kier molecular flexibility index (Phi) is 10.9. The minimum Gasteiger partial charge on any atom is -0.469 e. The number of carbonyl (C=O) groups excluding carboxylic acids is 3. The second kappa shape index (κ2) is 14.7. The molecule has 5 rings (SSSR count). The molecule has 1 unspecified atom stereocenters. The first kappa shape index (κ1) is 34.1. The number of nitrogens with one attached hydrogen (secondary N) is 2. The second-order valence-corrected chi connectivity index (χ2v) is 14.6. The molecule has 1 aliphatic heterocycles. The van der Waals surface area contributed by atoms with E-state index in [-0.39, 0.29) is 24.9 Å². The molecule has 0 spiro atoms. The molecule has 1 heterocycles. The number of sulfonamides is 1. The van der Waals surface area contributed by atoms with Crippen LogP contribution in [-0.2, 0) is 42.2 Å². The van der Waals surface area contributed by atoms with E-state index in [0.717, 1.165) is 30.2 Å². The van der Waals surface area contributed by atoms with Gasteiger partial charge in [-0.25, -0.2) is 18.6 Å². The van der Waals surface area contributed by atoms with Crippen molar-refractivity contribution in [2.45, 2.75) is 69.2 Å². The molecule has 3 aliphatic rings. The molecule has 0 radical (unpaired) electrons. The van der Waals surface area contributed by atoms with Crippen LogP contribution >= 0.6 is 23.2 Å². The summed E-state index contributed by atoms with van der Waals surface area (Å²) in [6.45, 7) is 0.0529. The summed E-state index contributed by atoms with van der Waals surface area (Å²) >= 11 is 13.1. The summed E-state index contributed by atoms with van der Waals surface area (Å²) in [5, 5.41) is 0.871. The minimum absolute atomic E-state index is 0.0529. The number of halogens is 2. The number of benzene rings is 2. The summed E-state index contributed by atoms with van der Waals surface area (Å²) < 4.78 is 32.3. The molecule has 5 atom stereocenters. The maximum absolute atomic E-state index is 14.4. The van der Waals surface area contributed by atoms with Crippen molar-refractivity contribution >= 4 is 51.0 Å². The fourth-order valence-corrected chi connectivity index (χ4v) is 8.15. The van der Waals surface area contributed by atoms with Gasteiger partial charge in [0.05, 0.1) is 38.4 Å². The zero-order chi connectivity index (χ0) is 33.0. The molecule has 0 saturated heterocycles. The molecule has 2 aromatic carbocycles. The zero-order valence-electron chi connectivity index (χ0n) is 25.6. The lowest BCUT2D eigenvalue weighted by Crippen LogP contribution is -2.64. The number of ether oxygens (including phenoxy) is 1. The number of carbonyl (C=O) groups is 3. The Labute approximate surface area is 279 Å². The van der Waals surface area contributed by atoms with Gasteiger partial charge in [0.2, 0.25) is 10.0 Å². The highest BCUT2D eigenvalue weighted by molar-refractivity contribution is 7.88. The molecular formula is C33H37Cl2N3O7S. The van der Waals surface area contributed by atoms with E-state index in [0.29, 0.717) is 40.5 Å². The number of amides is 2. The van der Waals surface area contributed by atoms with Gasteiger partial charge in [-0.05, 0) is 48.1 Å². The van der Waals surface area contributed by atoms with Crippen LogP contribution in [0.1, 0.15) is 65.1 Å². The number of esters is 1. The Morgan fingerprint density at radius 2 is 1.72 bits per heavy atom. The van der Waals surface area contributed by atoms with E-state index in [1.165, 1.54) is 7.11 Å². The Hall–Kier alpha value is -3.22. The number of hydrogen-bond donors (Lipinski definition) is 2. The second-order valence-electron chi connectivity index (χ2n) is 11.9. The third-order valence-electron chi connectivity index (χ3n) is 8.78. The Morgan fingerprint density at radius 3 is 2.41 bits per heavy atom. The van der Waals surface area contributed by atoms with Crippen molar-refractivity contribution in [2.24, 2.45) is 5.92 Å². The summed E-state index contributed by atoms with van der Waals surface area (Å²) in [7, 11) is -2.25. The number of allylic oxidation sites excluding steroid dienone is 3. The van der Waals surface area contributed by atoms with Crippen molar-refractivity contribution in [1.29, 1.82) is 0 Å². The summed E-state index contributed by atoms with van der Waals surface area (Å²) in [5.74, 6) is -2.47. The zero-order valence-corrected chi connectivity index (χ0v) is 27.9. The lowest BCUT2D eigenvalue weighted by atomic mass is 9.73. The van der Waals surface area contributed by atoms with Gasteiger partial charge < -0.3 is 9.64 Å². The number of methoxy groups -OCH3 is 1. The molecule has 2 N–H and O–H groups in total. The van der Waals surface area contributed by atoms with Gasteiger partial charge >= 0.3 is 5.97 Å². The number of hydroxylamine groups is 1. The molecule has 2 aliphatic carbocycles. The van der Waals surface area contributed by atoms with E-state index >= 15 is 0 Å². The van der Waals surface area contributed by atoms with Crippen molar-refractivity contribution in [3.63, 3.8) is 0 Å². The normalized spacial score (nSPS) is 24.8. The lowest BCUT2D eigenvalue weighted by Gasteiger charge is -2.51. The van der Waals surface area contributed by atoms with Crippen molar-refractivity contribution in [3.05, 3.63) is 93.0 Å². The highest BCUT2D eigenvalue weighted by Crippen LogP contribution is 2.45. The Balaban J connectivity index is 1.47. The van der Waals surface area contributed by atoms with Gasteiger partial charge in [0, 0.05) is 33.6 Å². The van der Waals surface area contributed by atoms with Gasteiger partial charge in [0.15, 0.2) is 0 Å². The monoisotopic (exact) mass is 689 g/mol. The Morgan fingerprint density at radius 1 is 1.02 bits per heavy atom. The highest BCUT2D eigenvalue weighted by Gasteiger charge is 2.51. The minimum atomic E-state index is -3.59. The largest absolute Gasteiger partial charge is 0.469 e. The maximum Gasteiger partial charge on any atom is 0.309 e. The first-order valence-corrected chi connectivity index (χ1v) is 17.8. The fraction of sp³-hybridized carbons (Fsp3) is 0.424. The predicted molar refractivity (Wildman–Crippen MR) is 174 cm³/mol. The van der Waals surface area contributed by atoms with E-state index in [9.17, 15) is 22.8 Å². The van der Waals surface area contributed by atoms with Crippen LogP contribution in [0.3, 0.4) is 0 Å². The van der Waals surface area contributed by atoms with Crippen LogP contribution < -0.4 is 10.2 Å². The maximum atomic E-state index is 14.4. The SMILES string of the molecule is COC(=O)Cc1ccc(CONC(=O)[C@H]2c3ccccc3C(=O)N([C@H]3CCCC[C@@H]3NS(C)(=O)=O)[C@@H]2C2CC=C(Cl)C=C2Cl)cc1. The number of rotatable bonds is 10. The van der Waals surface area contributed by atoms with Crippen molar-refractivity contribution in [3.8, 4) is 0 Å². The summed E-state index contributed by atoms with van der Waals surface area (Å²) in [6.07, 6.45) is 7.77. The summed E-state index contributed by atoms with van der Waals surface area (Å²) in [4.78, 5) is 47.6.